The van der Waals surface area contributed by atoms with Crippen LogP contribution in [0.3, 0.4) is 0 Å². The van der Waals surface area contributed by atoms with Gasteiger partial charge in [-0.25, -0.2) is 4.39 Å². The molecule has 0 amide bonds. The molecule has 122 valence electrons. The van der Waals surface area contributed by atoms with Gasteiger partial charge in [-0.2, -0.15) is 0 Å². The molecule has 0 atom stereocenters. The van der Waals surface area contributed by atoms with Crippen molar-refractivity contribution in [1.82, 2.24) is 4.98 Å². The Kier molecular flexibility index (Phi) is 4.42. The molecule has 0 saturated heterocycles. The first kappa shape index (κ1) is 15.9. The number of ether oxygens (including phenoxy) is 2. The van der Waals surface area contributed by atoms with Gasteiger partial charge < -0.3 is 9.47 Å². The Morgan fingerprint density at radius 1 is 1.12 bits per heavy atom. The molecule has 4 nitrogen and oxygen atoms in total. The van der Waals surface area contributed by atoms with Gasteiger partial charge in [-0.1, -0.05) is 0 Å². The minimum absolute atomic E-state index is 0.138. The van der Waals surface area contributed by atoms with Crippen molar-refractivity contribution >= 4 is 16.7 Å². The molecule has 0 aliphatic rings. The number of nitrogens with zero attached hydrogens (tertiary/aromatic N) is 1. The van der Waals surface area contributed by atoms with Gasteiger partial charge in [-0.3, -0.25) is 9.78 Å². The summed E-state index contributed by atoms with van der Waals surface area (Å²) in [6, 6.07) is 12.7. The number of aromatic nitrogens is 1. The second kappa shape index (κ2) is 6.66. The minimum atomic E-state index is -0.379. The number of carbonyl (C=O) groups excluding carboxylic acids is 1. The summed E-state index contributed by atoms with van der Waals surface area (Å²) in [5.41, 5.74) is 1.96. The summed E-state index contributed by atoms with van der Waals surface area (Å²) < 4.78 is 23.9. The first-order chi connectivity index (χ1) is 11.6. The van der Waals surface area contributed by atoms with Gasteiger partial charge in [0.25, 0.3) is 0 Å². The molecule has 2 aromatic carbocycles. The Balaban J connectivity index is 1.86. The van der Waals surface area contributed by atoms with E-state index in [1.54, 1.807) is 13.2 Å². The Morgan fingerprint density at radius 3 is 2.58 bits per heavy atom. The van der Waals surface area contributed by atoms with E-state index in [1.807, 2.05) is 25.1 Å². The quantitative estimate of drug-likeness (QED) is 0.666. The van der Waals surface area contributed by atoms with Gasteiger partial charge in [0.05, 0.1) is 12.6 Å². The van der Waals surface area contributed by atoms with E-state index in [1.165, 1.54) is 24.3 Å². The molecule has 24 heavy (non-hydrogen) atoms. The van der Waals surface area contributed by atoms with E-state index < -0.39 is 0 Å². The maximum absolute atomic E-state index is 12.9. The summed E-state index contributed by atoms with van der Waals surface area (Å²) in [4.78, 5) is 16.6. The predicted molar refractivity (Wildman–Crippen MR) is 89.3 cm³/mol. The van der Waals surface area contributed by atoms with Gasteiger partial charge in [-0.05, 0) is 49.4 Å². The van der Waals surface area contributed by atoms with E-state index in [4.69, 9.17) is 9.47 Å². The second-order valence-electron chi connectivity index (χ2n) is 5.36. The molecule has 0 aliphatic heterocycles. The molecular formula is C19H16FNO3. The Labute approximate surface area is 138 Å². The van der Waals surface area contributed by atoms with Crippen molar-refractivity contribution in [2.45, 2.75) is 6.92 Å². The predicted octanol–water partition coefficient (Wildman–Crippen LogP) is 3.95. The molecule has 0 spiro atoms. The van der Waals surface area contributed by atoms with Crippen molar-refractivity contribution in [2.24, 2.45) is 0 Å². The van der Waals surface area contributed by atoms with Gasteiger partial charge in [-0.15, -0.1) is 0 Å². The van der Waals surface area contributed by atoms with Crippen LogP contribution in [-0.2, 0) is 0 Å². The molecule has 1 heterocycles. The molecule has 0 radical (unpaired) electrons. The van der Waals surface area contributed by atoms with Crippen molar-refractivity contribution in [2.75, 3.05) is 13.7 Å². The summed E-state index contributed by atoms with van der Waals surface area (Å²) >= 11 is 0. The fourth-order valence-corrected chi connectivity index (χ4v) is 2.41. The second-order valence-corrected chi connectivity index (χ2v) is 5.36. The number of rotatable bonds is 5. The molecule has 0 unspecified atom stereocenters. The standard InChI is InChI=1S/C19H16FNO3/c1-12-9-19(16-10-15(23-2)7-8-17(16)21-12)24-11-18(22)13-3-5-14(20)6-4-13/h3-10H,11H2,1-2H3. The van der Waals surface area contributed by atoms with Crippen LogP contribution in [-0.4, -0.2) is 24.5 Å². The van der Waals surface area contributed by atoms with E-state index in [2.05, 4.69) is 4.98 Å². The fourth-order valence-electron chi connectivity index (χ4n) is 2.41. The maximum Gasteiger partial charge on any atom is 0.200 e. The smallest absolute Gasteiger partial charge is 0.200 e. The lowest BCUT2D eigenvalue weighted by atomic mass is 10.1. The maximum atomic E-state index is 12.9. The zero-order valence-electron chi connectivity index (χ0n) is 13.4. The molecule has 0 saturated carbocycles. The van der Waals surface area contributed by atoms with Crippen LogP contribution in [0.25, 0.3) is 10.9 Å². The highest BCUT2D eigenvalue weighted by Gasteiger charge is 2.11. The van der Waals surface area contributed by atoms with E-state index in [9.17, 15) is 9.18 Å². The topological polar surface area (TPSA) is 48.4 Å². The fraction of sp³-hybridized carbons (Fsp3) is 0.158. The summed E-state index contributed by atoms with van der Waals surface area (Å²) in [6.07, 6.45) is 0. The van der Waals surface area contributed by atoms with Crippen molar-refractivity contribution in [1.29, 1.82) is 0 Å². The van der Waals surface area contributed by atoms with Crippen LogP contribution < -0.4 is 9.47 Å². The average molecular weight is 325 g/mol. The SMILES string of the molecule is COc1ccc2nc(C)cc(OCC(=O)c3ccc(F)cc3)c2c1. The first-order valence-corrected chi connectivity index (χ1v) is 7.44. The molecule has 3 aromatic rings. The number of carbonyl (C=O) groups is 1. The molecule has 0 aliphatic carbocycles. The number of aryl methyl sites for hydroxylation is 1. The molecule has 5 heteroatoms. The number of fused-ring (bicyclic) bond motifs is 1. The zero-order valence-corrected chi connectivity index (χ0v) is 13.4. The summed E-state index contributed by atoms with van der Waals surface area (Å²) in [6.45, 7) is 1.72. The van der Waals surface area contributed by atoms with Gasteiger partial charge in [0.1, 0.15) is 17.3 Å². The van der Waals surface area contributed by atoms with Crippen LogP contribution in [0, 0.1) is 12.7 Å². The van der Waals surface area contributed by atoms with E-state index in [-0.39, 0.29) is 18.2 Å². The lowest BCUT2D eigenvalue weighted by Crippen LogP contribution is -2.12. The zero-order chi connectivity index (χ0) is 17.1. The van der Waals surface area contributed by atoms with E-state index in [0.717, 1.165) is 16.6 Å². The summed E-state index contributed by atoms with van der Waals surface area (Å²) in [5.74, 6) is 0.644. The van der Waals surface area contributed by atoms with Gasteiger partial charge >= 0.3 is 0 Å². The van der Waals surface area contributed by atoms with Gasteiger partial charge in [0.2, 0.25) is 0 Å². The van der Waals surface area contributed by atoms with Crippen molar-refractivity contribution in [3.63, 3.8) is 0 Å². The Hall–Kier alpha value is -2.95. The number of halogens is 1. The Bertz CT molecular complexity index is 891. The van der Waals surface area contributed by atoms with Crippen molar-refractivity contribution < 1.29 is 18.7 Å². The molecule has 1 aromatic heterocycles. The van der Waals surface area contributed by atoms with Gasteiger partial charge in [0.15, 0.2) is 12.4 Å². The summed E-state index contributed by atoms with van der Waals surface area (Å²) in [5, 5.41) is 0.770. The average Bonchev–Trinajstić information content (AvgIpc) is 2.59. The van der Waals surface area contributed by atoms with E-state index in [0.29, 0.717) is 17.1 Å². The normalized spacial score (nSPS) is 10.6. The molecule has 0 fully saturated rings. The number of hydrogen-bond acceptors (Lipinski definition) is 4. The van der Waals surface area contributed by atoms with Crippen LogP contribution in [0.4, 0.5) is 4.39 Å². The summed E-state index contributed by atoms with van der Waals surface area (Å²) in [7, 11) is 1.58. The Morgan fingerprint density at radius 2 is 1.88 bits per heavy atom. The molecular weight excluding hydrogens is 309 g/mol. The third-order valence-corrected chi connectivity index (χ3v) is 3.63. The highest BCUT2D eigenvalue weighted by atomic mass is 19.1. The highest BCUT2D eigenvalue weighted by Crippen LogP contribution is 2.29. The van der Waals surface area contributed by atoms with Crippen molar-refractivity contribution in [3.8, 4) is 11.5 Å². The largest absolute Gasteiger partial charge is 0.497 e. The number of pyridine rings is 1. The number of benzene rings is 2. The number of hydrogen-bond donors (Lipinski definition) is 0. The minimum Gasteiger partial charge on any atom is -0.497 e. The molecule has 3 rings (SSSR count). The highest BCUT2D eigenvalue weighted by molar-refractivity contribution is 5.97. The van der Waals surface area contributed by atoms with Gasteiger partial charge in [0, 0.05) is 22.7 Å². The van der Waals surface area contributed by atoms with Crippen LogP contribution in [0.5, 0.6) is 11.5 Å². The third kappa shape index (κ3) is 3.35. The monoisotopic (exact) mass is 325 g/mol. The van der Waals surface area contributed by atoms with Crippen LogP contribution in [0.1, 0.15) is 16.1 Å². The number of methoxy groups -OCH3 is 1. The molecule has 0 N–H and O–H groups in total. The van der Waals surface area contributed by atoms with Crippen LogP contribution in [0.15, 0.2) is 48.5 Å². The van der Waals surface area contributed by atoms with E-state index >= 15 is 0 Å². The van der Waals surface area contributed by atoms with Crippen molar-refractivity contribution in [3.05, 3.63) is 65.6 Å². The third-order valence-electron chi connectivity index (χ3n) is 3.63. The van der Waals surface area contributed by atoms with Crippen LogP contribution >= 0.6 is 0 Å². The lowest BCUT2D eigenvalue weighted by Gasteiger charge is -2.11. The van der Waals surface area contributed by atoms with Crippen LogP contribution in [0.2, 0.25) is 0 Å². The number of Topliss-reactive ketones (excluding diaryl/α,β-unsaturated/α-hetero) is 1. The molecule has 0 bridgehead atoms. The number of ketones is 1. The first-order valence-electron chi connectivity index (χ1n) is 7.44. The lowest BCUT2D eigenvalue weighted by molar-refractivity contribution is 0.0922.